The first-order chi connectivity index (χ1) is 14.8. The van der Waals surface area contributed by atoms with Crippen LogP contribution in [0.4, 0.5) is 18.9 Å². The van der Waals surface area contributed by atoms with Crippen molar-refractivity contribution in [1.29, 1.82) is 10.5 Å². The van der Waals surface area contributed by atoms with Gasteiger partial charge in [0.25, 0.3) is 0 Å². The zero-order chi connectivity index (χ0) is 22.4. The van der Waals surface area contributed by atoms with E-state index in [-0.39, 0.29) is 5.57 Å². The first kappa shape index (κ1) is 22.3. The topological polar surface area (TPSA) is 54.1 Å². The van der Waals surface area contributed by atoms with Gasteiger partial charge < -0.3 is 9.80 Å². The zero-order valence-corrected chi connectivity index (χ0v) is 17.2. The number of benzene rings is 2. The van der Waals surface area contributed by atoms with E-state index in [1.54, 1.807) is 24.3 Å². The standard InChI is InChI=1S/C23H18ClF3N4/c24-20-7-5-18(6-8-20)22(9-4-17(15-28)16-29)31-12-10-30(11-13-31)21-3-1-2-19(14-21)23(25,26)27/h1-9,14H,10-13H2/b22-9-. The molecule has 0 N–H and O–H groups in total. The number of allylic oxidation sites excluding steroid dienone is 3. The monoisotopic (exact) mass is 442 g/mol. The van der Waals surface area contributed by atoms with Gasteiger partial charge in [-0.2, -0.15) is 23.7 Å². The van der Waals surface area contributed by atoms with Crippen molar-refractivity contribution in [2.24, 2.45) is 0 Å². The fourth-order valence-corrected chi connectivity index (χ4v) is 3.48. The Balaban J connectivity index is 1.82. The number of alkyl halides is 3. The van der Waals surface area contributed by atoms with E-state index in [1.165, 1.54) is 18.2 Å². The third kappa shape index (κ3) is 5.59. The Kier molecular flexibility index (Phi) is 6.89. The quantitative estimate of drug-likeness (QED) is 0.463. The Bertz CT molecular complexity index is 1050. The Labute approximate surface area is 183 Å². The van der Waals surface area contributed by atoms with E-state index in [0.717, 1.165) is 17.3 Å². The molecule has 0 unspecified atom stereocenters. The van der Waals surface area contributed by atoms with E-state index < -0.39 is 11.7 Å². The molecule has 0 aliphatic carbocycles. The third-order valence-corrected chi connectivity index (χ3v) is 5.20. The van der Waals surface area contributed by atoms with Crippen LogP contribution in [0.25, 0.3) is 5.70 Å². The van der Waals surface area contributed by atoms with Gasteiger partial charge in [0, 0.05) is 42.6 Å². The molecule has 0 radical (unpaired) electrons. The lowest BCUT2D eigenvalue weighted by molar-refractivity contribution is -0.137. The van der Waals surface area contributed by atoms with Crippen LogP contribution in [-0.2, 0) is 6.18 Å². The highest BCUT2D eigenvalue weighted by Crippen LogP contribution is 2.32. The molecule has 0 atom stereocenters. The van der Waals surface area contributed by atoms with Gasteiger partial charge in [-0.1, -0.05) is 29.8 Å². The second-order valence-electron chi connectivity index (χ2n) is 6.88. The second kappa shape index (κ2) is 9.59. The zero-order valence-electron chi connectivity index (χ0n) is 16.4. The Hall–Kier alpha value is -3.42. The lowest BCUT2D eigenvalue weighted by Crippen LogP contribution is -2.45. The molecule has 0 aromatic heterocycles. The Morgan fingerprint density at radius 3 is 2.16 bits per heavy atom. The summed E-state index contributed by atoms with van der Waals surface area (Å²) in [7, 11) is 0. The third-order valence-electron chi connectivity index (χ3n) is 4.95. The van der Waals surface area contributed by atoms with Crippen LogP contribution in [0.1, 0.15) is 11.1 Å². The average molecular weight is 443 g/mol. The van der Waals surface area contributed by atoms with Gasteiger partial charge in [0.15, 0.2) is 0 Å². The number of hydrogen-bond donors (Lipinski definition) is 0. The molecule has 4 nitrogen and oxygen atoms in total. The second-order valence-corrected chi connectivity index (χ2v) is 7.32. The van der Waals surface area contributed by atoms with E-state index in [1.807, 2.05) is 29.2 Å². The lowest BCUT2D eigenvalue weighted by Gasteiger charge is -2.38. The van der Waals surface area contributed by atoms with Crippen molar-refractivity contribution < 1.29 is 13.2 Å². The van der Waals surface area contributed by atoms with Gasteiger partial charge in [0.1, 0.15) is 17.7 Å². The van der Waals surface area contributed by atoms with Crippen molar-refractivity contribution in [2.45, 2.75) is 6.18 Å². The first-order valence-corrected chi connectivity index (χ1v) is 9.85. The summed E-state index contributed by atoms with van der Waals surface area (Å²) in [5.74, 6) is 0. The molecule has 8 heteroatoms. The number of hydrogen-bond acceptors (Lipinski definition) is 4. The van der Waals surface area contributed by atoms with Crippen LogP contribution in [0.5, 0.6) is 0 Å². The van der Waals surface area contributed by atoms with Gasteiger partial charge in [-0.25, -0.2) is 0 Å². The van der Waals surface area contributed by atoms with Crippen LogP contribution in [0, 0.1) is 22.7 Å². The number of rotatable bonds is 4. The van der Waals surface area contributed by atoms with Crippen molar-refractivity contribution in [3.05, 3.63) is 82.4 Å². The summed E-state index contributed by atoms with van der Waals surface area (Å²) < 4.78 is 39.1. The van der Waals surface area contributed by atoms with Crippen molar-refractivity contribution >= 4 is 23.0 Å². The smallest absolute Gasteiger partial charge is 0.368 e. The summed E-state index contributed by atoms with van der Waals surface area (Å²) in [4.78, 5) is 3.99. The highest BCUT2D eigenvalue weighted by Gasteiger charge is 2.31. The fraction of sp³-hybridized carbons (Fsp3) is 0.217. The average Bonchev–Trinajstić information content (AvgIpc) is 2.77. The summed E-state index contributed by atoms with van der Waals surface area (Å²) in [5.41, 5.74) is 1.52. The van der Waals surface area contributed by atoms with Crippen LogP contribution in [-0.4, -0.2) is 31.1 Å². The molecule has 0 spiro atoms. The molecular weight excluding hydrogens is 425 g/mol. The van der Waals surface area contributed by atoms with Crippen molar-refractivity contribution in [2.75, 3.05) is 31.1 Å². The van der Waals surface area contributed by atoms with Gasteiger partial charge in [-0.3, -0.25) is 0 Å². The lowest BCUT2D eigenvalue weighted by atomic mass is 10.1. The minimum atomic E-state index is -4.38. The molecule has 3 rings (SSSR count). The number of anilines is 1. The first-order valence-electron chi connectivity index (χ1n) is 9.47. The summed E-state index contributed by atoms with van der Waals surface area (Å²) in [6.45, 7) is 2.18. The van der Waals surface area contributed by atoms with E-state index in [2.05, 4.69) is 4.90 Å². The molecule has 1 saturated heterocycles. The minimum absolute atomic E-state index is 0.0194. The highest BCUT2D eigenvalue weighted by molar-refractivity contribution is 6.30. The van der Waals surface area contributed by atoms with Crippen molar-refractivity contribution in [3.63, 3.8) is 0 Å². The van der Waals surface area contributed by atoms with Crippen LogP contribution >= 0.6 is 11.6 Å². The van der Waals surface area contributed by atoms with Crippen LogP contribution < -0.4 is 4.90 Å². The van der Waals surface area contributed by atoms with Gasteiger partial charge in [-0.15, -0.1) is 0 Å². The fourth-order valence-electron chi connectivity index (χ4n) is 3.35. The van der Waals surface area contributed by atoms with Gasteiger partial charge >= 0.3 is 6.18 Å². The summed E-state index contributed by atoms with van der Waals surface area (Å²) in [5, 5.41) is 18.6. The summed E-state index contributed by atoms with van der Waals surface area (Å²) in [6, 6.07) is 16.2. The van der Waals surface area contributed by atoms with Gasteiger partial charge in [0.2, 0.25) is 0 Å². The van der Waals surface area contributed by atoms with Crippen molar-refractivity contribution in [1.82, 2.24) is 4.90 Å². The molecule has 1 aliphatic rings. The number of piperazine rings is 1. The molecule has 1 fully saturated rings. The van der Waals surface area contributed by atoms with Crippen molar-refractivity contribution in [3.8, 4) is 12.1 Å². The molecular formula is C23H18ClF3N4. The molecule has 0 bridgehead atoms. The van der Waals surface area contributed by atoms with E-state index in [4.69, 9.17) is 22.1 Å². The predicted octanol–water partition coefficient (Wildman–Crippen LogP) is 5.50. The van der Waals surface area contributed by atoms with E-state index in [0.29, 0.717) is 36.9 Å². The largest absolute Gasteiger partial charge is 0.416 e. The number of halogens is 4. The summed E-state index contributed by atoms with van der Waals surface area (Å²) >= 11 is 5.99. The molecule has 0 amide bonds. The number of nitrogens with zero attached hydrogens (tertiary/aromatic N) is 4. The minimum Gasteiger partial charge on any atom is -0.368 e. The van der Waals surface area contributed by atoms with Crippen LogP contribution in [0.3, 0.4) is 0 Å². The molecule has 2 aromatic rings. The highest BCUT2D eigenvalue weighted by atomic mass is 35.5. The molecule has 158 valence electrons. The van der Waals surface area contributed by atoms with Crippen LogP contribution in [0.2, 0.25) is 5.02 Å². The van der Waals surface area contributed by atoms with E-state index in [9.17, 15) is 13.2 Å². The maximum atomic E-state index is 13.0. The Morgan fingerprint density at radius 1 is 0.935 bits per heavy atom. The Morgan fingerprint density at radius 2 is 1.58 bits per heavy atom. The molecule has 31 heavy (non-hydrogen) atoms. The maximum absolute atomic E-state index is 13.0. The van der Waals surface area contributed by atoms with Crippen LogP contribution in [0.15, 0.2) is 66.3 Å². The SMILES string of the molecule is N#CC(C#N)=C/C=C(/c1ccc(Cl)cc1)N1CCN(c2cccc(C(F)(F)F)c2)CC1. The molecule has 1 heterocycles. The summed E-state index contributed by atoms with van der Waals surface area (Å²) in [6.07, 6.45) is -1.21. The van der Waals surface area contributed by atoms with Gasteiger partial charge in [0.05, 0.1) is 5.56 Å². The molecule has 2 aromatic carbocycles. The van der Waals surface area contributed by atoms with Gasteiger partial charge in [-0.05, 0) is 48.0 Å². The maximum Gasteiger partial charge on any atom is 0.416 e. The normalized spacial score (nSPS) is 14.6. The predicted molar refractivity (Wildman–Crippen MR) is 114 cm³/mol. The number of nitriles is 2. The molecule has 0 saturated carbocycles. The van der Waals surface area contributed by atoms with E-state index >= 15 is 0 Å². The molecule has 1 aliphatic heterocycles.